The van der Waals surface area contributed by atoms with Crippen LogP contribution in [0.15, 0.2) is 76.6 Å². The van der Waals surface area contributed by atoms with Crippen LogP contribution in [0.25, 0.3) is 0 Å². The summed E-state index contributed by atoms with van der Waals surface area (Å²) in [6.45, 7) is 1.34. The van der Waals surface area contributed by atoms with Gasteiger partial charge in [-0.3, -0.25) is 23.7 Å². The fourth-order valence-corrected chi connectivity index (χ4v) is 8.61. The number of alkyl halides is 3. The minimum Gasteiger partial charge on any atom is -0.325 e. The molecule has 1 N–H and O–H groups in total. The Hall–Kier alpha value is -3.58. The molecule has 3 heterocycles. The lowest BCUT2D eigenvalue weighted by molar-refractivity contribution is -0.137. The first-order valence-electron chi connectivity index (χ1n) is 13.1. The van der Waals surface area contributed by atoms with Crippen LogP contribution in [0.3, 0.4) is 0 Å². The van der Waals surface area contributed by atoms with Gasteiger partial charge in [0.15, 0.2) is 0 Å². The van der Waals surface area contributed by atoms with Gasteiger partial charge in [-0.25, -0.2) is 4.90 Å². The zero-order chi connectivity index (χ0) is 31.5. The molecule has 7 nitrogen and oxygen atoms in total. The van der Waals surface area contributed by atoms with E-state index in [4.69, 9.17) is 23.2 Å². The lowest BCUT2D eigenvalue weighted by Crippen LogP contribution is -2.33. The van der Waals surface area contributed by atoms with Crippen LogP contribution in [0.5, 0.6) is 0 Å². The highest BCUT2D eigenvalue weighted by Gasteiger charge is 2.57. The van der Waals surface area contributed by atoms with Crippen molar-refractivity contribution in [2.75, 3.05) is 10.2 Å². The number of rotatable bonds is 5. The fourth-order valence-electron chi connectivity index (χ4n) is 5.42. The first-order chi connectivity index (χ1) is 20.8. The standard InChI is InChI=1S/C30H20Cl2F3N3O4S2/c1-14-8-10-17(11-9-14)38-26(40)22-21(18-6-3-7-19(31)23(18)32)25-28(43-24(22)27(38)41)37(29(42)44-25)13-20(39)36-16-5-2-4-15(12-16)30(33,34)35/h2-12,21-22,24H,13H2,1H3,(H,36,39)/t21-,22-,24+/m0/s1. The number of thiazole rings is 1. The number of amides is 3. The maximum atomic E-state index is 14.0. The van der Waals surface area contributed by atoms with E-state index >= 15 is 0 Å². The summed E-state index contributed by atoms with van der Waals surface area (Å²) < 4.78 is 40.7. The molecule has 0 unspecified atom stereocenters. The van der Waals surface area contributed by atoms with Crippen LogP contribution in [-0.4, -0.2) is 27.5 Å². The van der Waals surface area contributed by atoms with E-state index in [2.05, 4.69) is 5.32 Å². The zero-order valence-corrected chi connectivity index (χ0v) is 25.7. The van der Waals surface area contributed by atoms with Gasteiger partial charge >= 0.3 is 11.0 Å². The number of carbonyl (C=O) groups excluding carboxylic acids is 3. The number of thioether (sulfide) groups is 1. The van der Waals surface area contributed by atoms with E-state index in [0.29, 0.717) is 21.2 Å². The second-order valence-corrected chi connectivity index (χ2v) is 13.2. The maximum absolute atomic E-state index is 14.0. The molecule has 0 radical (unpaired) electrons. The summed E-state index contributed by atoms with van der Waals surface area (Å²) in [6, 6.07) is 16.0. The predicted octanol–water partition coefficient (Wildman–Crippen LogP) is 6.98. The summed E-state index contributed by atoms with van der Waals surface area (Å²) in [6.07, 6.45) is -4.61. The molecule has 44 heavy (non-hydrogen) atoms. The average molecular weight is 679 g/mol. The quantitative estimate of drug-likeness (QED) is 0.230. The van der Waals surface area contributed by atoms with Crippen LogP contribution >= 0.6 is 46.3 Å². The molecule has 3 amide bonds. The van der Waals surface area contributed by atoms with Crippen LogP contribution in [-0.2, 0) is 27.1 Å². The Morgan fingerprint density at radius 3 is 2.39 bits per heavy atom. The van der Waals surface area contributed by atoms with Crippen molar-refractivity contribution < 1.29 is 27.6 Å². The fraction of sp³-hybridized carbons (Fsp3) is 0.200. The predicted molar refractivity (Wildman–Crippen MR) is 164 cm³/mol. The second kappa shape index (κ2) is 11.4. The third kappa shape index (κ3) is 5.33. The van der Waals surface area contributed by atoms with Gasteiger partial charge in [0.25, 0.3) is 0 Å². The van der Waals surface area contributed by atoms with Crippen molar-refractivity contribution in [2.24, 2.45) is 5.92 Å². The topological polar surface area (TPSA) is 88.5 Å². The van der Waals surface area contributed by atoms with Crippen molar-refractivity contribution in [3.63, 3.8) is 0 Å². The number of fused-ring (bicyclic) bond motifs is 2. The van der Waals surface area contributed by atoms with E-state index in [0.717, 1.165) is 51.8 Å². The third-order valence-electron chi connectivity index (χ3n) is 7.43. The molecule has 0 bridgehead atoms. The minimum absolute atomic E-state index is 0.0939. The molecule has 2 aliphatic heterocycles. The summed E-state index contributed by atoms with van der Waals surface area (Å²) in [5.41, 5.74) is 0.759. The molecule has 2 aliphatic rings. The van der Waals surface area contributed by atoms with E-state index in [-0.39, 0.29) is 15.7 Å². The lowest BCUT2D eigenvalue weighted by Gasteiger charge is -2.31. The molecule has 3 aromatic carbocycles. The Labute approximate surface area is 266 Å². The normalized spacial score (nSPS) is 19.6. The van der Waals surface area contributed by atoms with E-state index in [9.17, 15) is 32.3 Å². The van der Waals surface area contributed by atoms with Gasteiger partial charge in [-0.05, 0) is 48.9 Å². The van der Waals surface area contributed by atoms with E-state index < -0.39 is 58.0 Å². The first-order valence-corrected chi connectivity index (χ1v) is 15.6. The smallest absolute Gasteiger partial charge is 0.325 e. The second-order valence-electron chi connectivity index (χ2n) is 10.3. The number of hydrogen-bond donors (Lipinski definition) is 1. The highest BCUT2D eigenvalue weighted by atomic mass is 35.5. The Morgan fingerprint density at radius 2 is 1.68 bits per heavy atom. The Morgan fingerprint density at radius 1 is 0.977 bits per heavy atom. The molecule has 1 saturated heterocycles. The Balaban J connectivity index is 1.40. The monoisotopic (exact) mass is 677 g/mol. The molecular weight excluding hydrogens is 658 g/mol. The van der Waals surface area contributed by atoms with Crippen molar-refractivity contribution in [1.29, 1.82) is 0 Å². The molecule has 226 valence electrons. The molecule has 1 fully saturated rings. The van der Waals surface area contributed by atoms with Crippen molar-refractivity contribution in [1.82, 2.24) is 4.57 Å². The van der Waals surface area contributed by atoms with Gasteiger partial charge in [-0.15, -0.1) is 0 Å². The molecular formula is C30H20Cl2F3N3O4S2. The maximum Gasteiger partial charge on any atom is 0.416 e. The van der Waals surface area contributed by atoms with Gasteiger partial charge in [0.05, 0.1) is 32.2 Å². The Kier molecular flexibility index (Phi) is 7.89. The van der Waals surface area contributed by atoms with E-state index in [1.54, 1.807) is 42.5 Å². The van der Waals surface area contributed by atoms with Gasteiger partial charge in [0.2, 0.25) is 17.7 Å². The minimum atomic E-state index is -4.61. The lowest BCUT2D eigenvalue weighted by atomic mass is 9.83. The molecule has 0 spiro atoms. The number of nitrogens with one attached hydrogen (secondary N) is 1. The first kappa shape index (κ1) is 30.4. The average Bonchev–Trinajstić information content (AvgIpc) is 3.41. The molecule has 3 atom stereocenters. The van der Waals surface area contributed by atoms with Crippen molar-refractivity contribution >= 4 is 75.4 Å². The largest absolute Gasteiger partial charge is 0.416 e. The van der Waals surface area contributed by atoms with Gasteiger partial charge in [0.1, 0.15) is 11.8 Å². The van der Waals surface area contributed by atoms with Crippen LogP contribution in [0.1, 0.15) is 27.5 Å². The third-order valence-corrected chi connectivity index (χ3v) is 10.9. The van der Waals surface area contributed by atoms with Crippen LogP contribution in [0.4, 0.5) is 24.5 Å². The molecule has 4 aromatic rings. The number of anilines is 2. The van der Waals surface area contributed by atoms with E-state index in [1.807, 2.05) is 6.92 Å². The number of carbonyl (C=O) groups is 3. The summed E-state index contributed by atoms with van der Waals surface area (Å²) in [5, 5.41) is 2.14. The van der Waals surface area contributed by atoms with Gasteiger partial charge < -0.3 is 5.32 Å². The summed E-state index contributed by atoms with van der Waals surface area (Å²) in [7, 11) is 0. The highest BCUT2D eigenvalue weighted by molar-refractivity contribution is 8.00. The van der Waals surface area contributed by atoms with Crippen molar-refractivity contribution in [2.45, 2.75) is 35.8 Å². The molecule has 1 aromatic heterocycles. The summed E-state index contributed by atoms with van der Waals surface area (Å²) in [5.74, 6) is -3.45. The highest BCUT2D eigenvalue weighted by Crippen LogP contribution is 2.55. The van der Waals surface area contributed by atoms with Gasteiger partial charge in [-0.1, -0.05) is 82.2 Å². The van der Waals surface area contributed by atoms with Gasteiger partial charge in [0, 0.05) is 16.5 Å². The zero-order valence-electron chi connectivity index (χ0n) is 22.5. The van der Waals surface area contributed by atoms with Crippen molar-refractivity contribution in [3.8, 4) is 0 Å². The number of aryl methyl sites for hydroxylation is 1. The van der Waals surface area contributed by atoms with Crippen LogP contribution < -0.4 is 15.1 Å². The number of aromatic nitrogens is 1. The molecule has 0 aliphatic carbocycles. The Bertz CT molecular complexity index is 1890. The number of nitrogens with zero attached hydrogens (tertiary/aromatic N) is 2. The van der Waals surface area contributed by atoms with Crippen LogP contribution in [0, 0.1) is 12.8 Å². The molecule has 6 rings (SSSR count). The van der Waals surface area contributed by atoms with E-state index in [1.165, 1.54) is 10.6 Å². The van der Waals surface area contributed by atoms with Crippen LogP contribution in [0.2, 0.25) is 10.0 Å². The van der Waals surface area contributed by atoms with Crippen molar-refractivity contribution in [3.05, 3.63) is 108 Å². The number of hydrogen-bond acceptors (Lipinski definition) is 6. The number of halogens is 5. The summed E-state index contributed by atoms with van der Waals surface area (Å²) in [4.78, 5) is 55.2. The van der Waals surface area contributed by atoms with Gasteiger partial charge in [-0.2, -0.15) is 13.2 Å². The molecule has 14 heteroatoms. The summed E-state index contributed by atoms with van der Waals surface area (Å²) >= 11 is 14.8. The number of imide groups is 1. The number of benzene rings is 3. The SMILES string of the molecule is Cc1ccc(N2C(=O)[C@H]3[C@H](c4cccc(Cl)c4Cl)c4sc(=O)n(CC(=O)Nc5cccc(C(F)(F)F)c5)c4S[C@H]3C2=O)cc1. The molecule has 0 saturated carbocycles.